The monoisotopic (exact) mass is 615 g/mol. The Balaban J connectivity index is 1.21. The maximum Gasteiger partial charge on any atom is 0.261 e. The minimum absolute atomic E-state index is 0.108. The summed E-state index contributed by atoms with van der Waals surface area (Å²) < 4.78 is 11.1. The first kappa shape index (κ1) is 29.1. The van der Waals surface area contributed by atoms with Crippen LogP contribution in [0, 0.1) is 0 Å². The van der Waals surface area contributed by atoms with Crippen molar-refractivity contribution in [1.82, 2.24) is 24.6 Å². The first-order valence-corrected chi connectivity index (χ1v) is 17.5. The lowest BCUT2D eigenvalue weighted by atomic mass is 9.99. The van der Waals surface area contributed by atoms with Crippen molar-refractivity contribution in [2.45, 2.75) is 58.2 Å². The molecule has 5 aromatic rings. The molecule has 5 heterocycles. The van der Waals surface area contributed by atoms with Crippen molar-refractivity contribution in [2.75, 3.05) is 6.61 Å². The van der Waals surface area contributed by atoms with Gasteiger partial charge in [-0.1, -0.05) is 81.4 Å². The predicted molar refractivity (Wildman–Crippen MR) is 178 cm³/mol. The van der Waals surface area contributed by atoms with Crippen LogP contribution in [0.25, 0.3) is 22.2 Å². The van der Waals surface area contributed by atoms with E-state index < -0.39 is 20.1 Å². The van der Waals surface area contributed by atoms with Gasteiger partial charge in [0.2, 0.25) is 0 Å². The summed E-state index contributed by atoms with van der Waals surface area (Å²) in [6.07, 6.45) is 6.42. The molecule has 7 rings (SSSR count). The second-order valence-electron chi connectivity index (χ2n) is 12.9. The van der Waals surface area contributed by atoms with Gasteiger partial charge < -0.3 is 8.99 Å². The molecule has 9 heteroatoms. The fourth-order valence-electron chi connectivity index (χ4n) is 7.05. The third kappa shape index (κ3) is 4.96. The molecule has 0 saturated carbocycles. The number of aromatic nitrogens is 4. The van der Waals surface area contributed by atoms with Crippen LogP contribution in [-0.4, -0.2) is 46.1 Å². The first-order valence-electron chi connectivity index (χ1n) is 15.6. The lowest BCUT2D eigenvalue weighted by Crippen LogP contribution is -2.66. The van der Waals surface area contributed by atoms with Crippen molar-refractivity contribution >= 4 is 52.7 Å². The van der Waals surface area contributed by atoms with Gasteiger partial charge in [0.15, 0.2) is 0 Å². The van der Waals surface area contributed by atoms with Crippen LogP contribution in [-0.2, 0) is 33.5 Å². The fourth-order valence-corrected chi connectivity index (χ4v) is 11.7. The topological polar surface area (TPSA) is 91.0 Å². The number of carbonyl (C=O) groups excluding carboxylic acids is 2. The van der Waals surface area contributed by atoms with Crippen molar-refractivity contribution in [3.8, 4) is 0 Å². The molecule has 2 aromatic carbocycles. The molecule has 0 unspecified atom stereocenters. The Hall–Kier alpha value is -4.60. The van der Waals surface area contributed by atoms with E-state index >= 15 is 0 Å². The highest BCUT2D eigenvalue weighted by atomic mass is 28.4. The molecule has 0 fully saturated rings. The predicted octanol–water partition coefficient (Wildman–Crippen LogP) is 4.71. The SMILES string of the molecule is CC(C)(C)[Si](OCCCn1cc(C2=C(c3cc4n(n3)CCC4)C(=O)NC2=O)c2cccnc21)(c1ccccc1)c1ccccc1. The largest absolute Gasteiger partial charge is 0.407 e. The zero-order valence-corrected chi connectivity index (χ0v) is 26.9. The third-order valence-corrected chi connectivity index (χ3v) is 14.1. The quantitative estimate of drug-likeness (QED) is 0.147. The van der Waals surface area contributed by atoms with E-state index in [1.165, 1.54) is 10.4 Å². The maximum absolute atomic E-state index is 13.3. The number of benzene rings is 2. The van der Waals surface area contributed by atoms with Crippen LogP contribution in [0.1, 0.15) is 50.6 Å². The summed E-state index contributed by atoms with van der Waals surface area (Å²) in [5.74, 6) is -0.809. The Bertz CT molecular complexity index is 1870. The molecule has 3 aromatic heterocycles. The Morgan fingerprint density at radius 2 is 1.60 bits per heavy atom. The van der Waals surface area contributed by atoms with Crippen LogP contribution in [0.15, 0.2) is 91.3 Å². The lowest BCUT2D eigenvalue weighted by Gasteiger charge is -2.43. The zero-order chi connectivity index (χ0) is 31.2. The lowest BCUT2D eigenvalue weighted by molar-refractivity contribution is -0.122. The number of rotatable bonds is 9. The van der Waals surface area contributed by atoms with Gasteiger partial charge in [0, 0.05) is 48.7 Å². The number of amides is 2. The number of nitrogens with zero attached hydrogens (tertiary/aromatic N) is 4. The minimum Gasteiger partial charge on any atom is -0.407 e. The van der Waals surface area contributed by atoms with Gasteiger partial charge >= 0.3 is 0 Å². The standard InChI is InChI=1S/C36H37N5O3Si/c1-36(2,3)45(26-14-6-4-7-15-26,27-16-8-5-9-17-27)44-22-12-20-40-24-29(28-18-10-19-37-33(28)40)31-32(35(43)38-34(31)42)30-23-25-13-11-21-41(25)39-30/h4-10,14-19,23-24H,11-13,20-22H2,1-3H3,(H,38,42,43). The smallest absolute Gasteiger partial charge is 0.261 e. The average Bonchev–Trinajstić information content (AvgIpc) is 3.79. The van der Waals surface area contributed by atoms with Crippen LogP contribution in [0.3, 0.4) is 0 Å². The summed E-state index contributed by atoms with van der Waals surface area (Å²) in [6, 6.07) is 27.1. The van der Waals surface area contributed by atoms with Crippen LogP contribution in [0.4, 0.5) is 0 Å². The Labute approximate surface area is 263 Å². The fraction of sp³-hybridized carbons (Fsp3) is 0.278. The molecule has 0 bridgehead atoms. The summed E-state index contributed by atoms with van der Waals surface area (Å²) in [5.41, 5.74) is 3.79. The van der Waals surface area contributed by atoms with E-state index in [1.807, 2.05) is 29.1 Å². The van der Waals surface area contributed by atoms with Crippen LogP contribution in [0.2, 0.25) is 5.04 Å². The van der Waals surface area contributed by atoms with Crippen LogP contribution in [0.5, 0.6) is 0 Å². The van der Waals surface area contributed by atoms with Crippen molar-refractivity contribution in [3.63, 3.8) is 0 Å². The van der Waals surface area contributed by atoms with Gasteiger partial charge in [0.05, 0.1) is 16.8 Å². The number of nitrogens with one attached hydrogen (secondary N) is 1. The van der Waals surface area contributed by atoms with Gasteiger partial charge in [-0.25, -0.2) is 4.98 Å². The summed E-state index contributed by atoms with van der Waals surface area (Å²) >= 11 is 0. The molecule has 45 heavy (non-hydrogen) atoms. The molecule has 2 aliphatic rings. The zero-order valence-electron chi connectivity index (χ0n) is 25.9. The molecule has 0 radical (unpaired) electrons. The van der Waals surface area contributed by atoms with E-state index in [2.05, 4.69) is 101 Å². The van der Waals surface area contributed by atoms with E-state index in [1.54, 1.807) is 6.20 Å². The number of pyridine rings is 1. The molecule has 2 amide bonds. The van der Waals surface area contributed by atoms with E-state index in [0.717, 1.165) is 42.5 Å². The van der Waals surface area contributed by atoms with Gasteiger partial charge in [0.1, 0.15) is 5.65 Å². The van der Waals surface area contributed by atoms with Gasteiger partial charge in [-0.2, -0.15) is 5.10 Å². The van der Waals surface area contributed by atoms with E-state index in [9.17, 15) is 9.59 Å². The highest BCUT2D eigenvalue weighted by Gasteiger charge is 2.50. The molecular weight excluding hydrogens is 579 g/mol. The van der Waals surface area contributed by atoms with Gasteiger partial charge in [0.25, 0.3) is 20.1 Å². The van der Waals surface area contributed by atoms with Crippen molar-refractivity contribution in [2.24, 2.45) is 0 Å². The van der Waals surface area contributed by atoms with Gasteiger partial charge in [-0.15, -0.1) is 0 Å². The number of fused-ring (bicyclic) bond motifs is 2. The maximum atomic E-state index is 13.3. The molecular formula is C36H37N5O3Si. The van der Waals surface area contributed by atoms with Gasteiger partial charge in [-0.3, -0.25) is 19.6 Å². The van der Waals surface area contributed by atoms with E-state index in [-0.39, 0.29) is 5.04 Å². The van der Waals surface area contributed by atoms with E-state index in [0.29, 0.717) is 35.6 Å². The summed E-state index contributed by atoms with van der Waals surface area (Å²) in [4.78, 5) is 31.0. The Kier molecular flexibility index (Phi) is 7.38. The first-order chi connectivity index (χ1) is 21.8. The minimum atomic E-state index is -2.65. The van der Waals surface area contributed by atoms with E-state index in [4.69, 9.17) is 4.43 Å². The van der Waals surface area contributed by atoms with Crippen LogP contribution >= 0.6 is 0 Å². The molecule has 0 spiro atoms. The van der Waals surface area contributed by atoms with Crippen molar-refractivity contribution in [1.29, 1.82) is 0 Å². The van der Waals surface area contributed by atoms with Crippen LogP contribution < -0.4 is 15.7 Å². The summed E-state index contributed by atoms with van der Waals surface area (Å²) in [5, 5.41) is 10.4. The van der Waals surface area contributed by atoms with Gasteiger partial charge in [-0.05, 0) is 52.9 Å². The number of hydrogen-bond acceptors (Lipinski definition) is 5. The molecule has 0 aliphatic carbocycles. The summed E-state index contributed by atoms with van der Waals surface area (Å²) in [6.45, 7) is 8.87. The summed E-state index contributed by atoms with van der Waals surface area (Å²) in [7, 11) is -2.65. The number of hydrogen-bond donors (Lipinski definition) is 1. The molecule has 1 N–H and O–H groups in total. The number of imide groups is 1. The molecule has 228 valence electrons. The molecule has 8 nitrogen and oxygen atoms in total. The molecule has 0 atom stereocenters. The highest BCUT2D eigenvalue weighted by Crippen LogP contribution is 2.38. The third-order valence-electron chi connectivity index (χ3n) is 9.04. The average molecular weight is 616 g/mol. The van der Waals surface area contributed by atoms with Crippen molar-refractivity contribution < 1.29 is 14.0 Å². The highest BCUT2D eigenvalue weighted by molar-refractivity contribution is 6.99. The second-order valence-corrected chi connectivity index (χ2v) is 17.2. The molecule has 2 aliphatic heterocycles. The van der Waals surface area contributed by atoms with Crippen molar-refractivity contribution in [3.05, 3.63) is 108 Å². The second kappa shape index (κ2) is 11.4. The number of aryl methyl sites for hydroxylation is 3. The number of carbonyl (C=O) groups is 2. The normalized spacial score (nSPS) is 15.3. The molecule has 0 saturated heterocycles. The Morgan fingerprint density at radius 1 is 0.911 bits per heavy atom. The Morgan fingerprint density at radius 3 is 2.27 bits per heavy atom.